The number of anilines is 2. The summed E-state index contributed by atoms with van der Waals surface area (Å²) in [5, 5.41) is 5.87. The van der Waals surface area contributed by atoms with Crippen LogP contribution >= 0.6 is 0 Å². The number of ether oxygens (including phenoxy) is 1. The van der Waals surface area contributed by atoms with Gasteiger partial charge in [0.25, 0.3) is 5.91 Å². The van der Waals surface area contributed by atoms with Crippen LogP contribution in [0, 0.1) is 0 Å². The Bertz CT molecular complexity index is 742. The molecule has 2 aromatic carbocycles. The Morgan fingerprint density at radius 3 is 2.42 bits per heavy atom. The van der Waals surface area contributed by atoms with Gasteiger partial charge in [-0.2, -0.15) is 0 Å². The van der Waals surface area contributed by atoms with Gasteiger partial charge in [-0.15, -0.1) is 0 Å². The fraction of sp³-hybridized carbons (Fsp3) is 0.300. The standard InChI is InChI=1S/C20H25N3O3/c1-4-12-26-18-7-5-6-17(13-18)21-14-19(24)22-16-10-8-15(9-11-16)20(25)23(2)3/h5-11,13,21H,4,12,14H2,1-3H3,(H,22,24). The Hall–Kier alpha value is -3.02. The Balaban J connectivity index is 1.86. The van der Waals surface area contributed by atoms with Crippen molar-refractivity contribution in [3.8, 4) is 5.75 Å². The molecule has 2 rings (SSSR count). The fourth-order valence-electron chi connectivity index (χ4n) is 2.26. The van der Waals surface area contributed by atoms with E-state index in [4.69, 9.17) is 4.74 Å². The van der Waals surface area contributed by atoms with Crippen molar-refractivity contribution in [2.24, 2.45) is 0 Å². The first kappa shape index (κ1) is 19.3. The number of amides is 2. The Labute approximate surface area is 154 Å². The SMILES string of the molecule is CCCOc1cccc(NCC(=O)Nc2ccc(C(=O)N(C)C)cc2)c1. The molecule has 0 saturated carbocycles. The van der Waals surface area contributed by atoms with Crippen LogP contribution in [0.5, 0.6) is 5.75 Å². The maximum atomic E-state index is 12.1. The van der Waals surface area contributed by atoms with Gasteiger partial charge in [-0.05, 0) is 42.8 Å². The lowest BCUT2D eigenvalue weighted by Crippen LogP contribution is -2.23. The van der Waals surface area contributed by atoms with Gasteiger partial charge in [-0.1, -0.05) is 13.0 Å². The van der Waals surface area contributed by atoms with Gasteiger partial charge < -0.3 is 20.3 Å². The van der Waals surface area contributed by atoms with Crippen molar-refractivity contribution in [3.05, 3.63) is 54.1 Å². The van der Waals surface area contributed by atoms with Crippen LogP contribution in [0.1, 0.15) is 23.7 Å². The van der Waals surface area contributed by atoms with Gasteiger partial charge >= 0.3 is 0 Å². The van der Waals surface area contributed by atoms with Crippen molar-refractivity contribution in [3.63, 3.8) is 0 Å². The lowest BCUT2D eigenvalue weighted by molar-refractivity contribution is -0.114. The zero-order valence-corrected chi connectivity index (χ0v) is 15.4. The molecular formula is C20H25N3O3. The molecule has 6 heteroatoms. The molecule has 0 aliphatic carbocycles. The van der Waals surface area contributed by atoms with E-state index in [1.54, 1.807) is 38.4 Å². The third-order valence-electron chi connectivity index (χ3n) is 3.58. The monoisotopic (exact) mass is 355 g/mol. The van der Waals surface area contributed by atoms with Gasteiger partial charge in [0.2, 0.25) is 5.91 Å². The molecule has 6 nitrogen and oxygen atoms in total. The second kappa shape index (κ2) is 9.46. The van der Waals surface area contributed by atoms with Crippen LogP contribution in [-0.4, -0.2) is 44.0 Å². The summed E-state index contributed by atoms with van der Waals surface area (Å²) in [5.41, 5.74) is 2.04. The van der Waals surface area contributed by atoms with Crippen molar-refractivity contribution in [1.29, 1.82) is 0 Å². The maximum absolute atomic E-state index is 12.1. The van der Waals surface area contributed by atoms with E-state index >= 15 is 0 Å². The minimum Gasteiger partial charge on any atom is -0.494 e. The van der Waals surface area contributed by atoms with Crippen molar-refractivity contribution < 1.29 is 14.3 Å². The van der Waals surface area contributed by atoms with Gasteiger partial charge in [0.15, 0.2) is 0 Å². The smallest absolute Gasteiger partial charge is 0.253 e. The zero-order chi connectivity index (χ0) is 18.9. The molecule has 0 saturated heterocycles. The maximum Gasteiger partial charge on any atom is 0.253 e. The minimum absolute atomic E-state index is 0.0743. The highest BCUT2D eigenvalue weighted by Crippen LogP contribution is 2.17. The molecule has 138 valence electrons. The van der Waals surface area contributed by atoms with Crippen LogP contribution in [0.15, 0.2) is 48.5 Å². The van der Waals surface area contributed by atoms with Crippen molar-refractivity contribution in [2.45, 2.75) is 13.3 Å². The third-order valence-corrected chi connectivity index (χ3v) is 3.58. The average Bonchev–Trinajstić information content (AvgIpc) is 2.65. The van der Waals surface area contributed by atoms with Crippen LogP contribution < -0.4 is 15.4 Å². The van der Waals surface area contributed by atoms with Crippen LogP contribution in [0.4, 0.5) is 11.4 Å². The minimum atomic E-state index is -0.170. The van der Waals surface area contributed by atoms with Gasteiger partial charge in [0, 0.05) is 37.1 Å². The number of nitrogens with zero attached hydrogens (tertiary/aromatic N) is 1. The summed E-state index contributed by atoms with van der Waals surface area (Å²) in [6, 6.07) is 14.3. The van der Waals surface area contributed by atoms with Crippen molar-refractivity contribution in [1.82, 2.24) is 4.90 Å². The van der Waals surface area contributed by atoms with Crippen LogP contribution in [-0.2, 0) is 4.79 Å². The highest BCUT2D eigenvalue weighted by atomic mass is 16.5. The molecule has 0 atom stereocenters. The third kappa shape index (κ3) is 5.81. The average molecular weight is 355 g/mol. The lowest BCUT2D eigenvalue weighted by atomic mass is 10.2. The molecule has 0 aromatic heterocycles. The summed E-state index contributed by atoms with van der Waals surface area (Å²) in [7, 11) is 3.40. The summed E-state index contributed by atoms with van der Waals surface area (Å²) in [6.45, 7) is 2.85. The molecule has 2 aromatic rings. The topological polar surface area (TPSA) is 70.7 Å². The van der Waals surface area contributed by atoms with Crippen molar-refractivity contribution in [2.75, 3.05) is 37.9 Å². The molecule has 0 heterocycles. The number of carbonyl (C=O) groups excluding carboxylic acids is 2. The molecule has 0 aliphatic rings. The molecule has 26 heavy (non-hydrogen) atoms. The normalized spacial score (nSPS) is 10.1. The summed E-state index contributed by atoms with van der Waals surface area (Å²) in [4.78, 5) is 25.4. The molecule has 0 aliphatic heterocycles. The molecule has 0 fully saturated rings. The summed E-state index contributed by atoms with van der Waals surface area (Å²) < 4.78 is 5.57. The second-order valence-corrected chi connectivity index (χ2v) is 6.05. The quantitative estimate of drug-likeness (QED) is 0.763. The number of hydrogen-bond donors (Lipinski definition) is 2. The van der Waals surface area contributed by atoms with E-state index in [1.165, 1.54) is 4.90 Å². The molecule has 2 N–H and O–H groups in total. The van der Waals surface area contributed by atoms with E-state index in [0.29, 0.717) is 17.9 Å². The van der Waals surface area contributed by atoms with Gasteiger partial charge in [-0.25, -0.2) is 0 Å². The van der Waals surface area contributed by atoms with Crippen LogP contribution in [0.25, 0.3) is 0 Å². The van der Waals surface area contributed by atoms with E-state index in [-0.39, 0.29) is 18.4 Å². The van der Waals surface area contributed by atoms with Crippen LogP contribution in [0.2, 0.25) is 0 Å². The highest BCUT2D eigenvalue weighted by molar-refractivity contribution is 5.96. The Morgan fingerprint density at radius 1 is 1.04 bits per heavy atom. The summed E-state index contributed by atoms with van der Waals surface area (Å²) in [6.07, 6.45) is 0.943. The van der Waals surface area contributed by atoms with Gasteiger partial charge in [-0.3, -0.25) is 9.59 Å². The van der Waals surface area contributed by atoms with E-state index in [1.807, 2.05) is 24.3 Å². The lowest BCUT2D eigenvalue weighted by Gasteiger charge is -2.12. The summed E-state index contributed by atoms with van der Waals surface area (Å²) >= 11 is 0. The second-order valence-electron chi connectivity index (χ2n) is 6.05. The molecule has 2 amide bonds. The zero-order valence-electron chi connectivity index (χ0n) is 15.4. The van der Waals surface area contributed by atoms with Gasteiger partial charge in [0.05, 0.1) is 13.2 Å². The number of hydrogen-bond acceptors (Lipinski definition) is 4. The Morgan fingerprint density at radius 2 is 1.77 bits per heavy atom. The number of rotatable bonds is 8. The number of benzene rings is 2. The first-order valence-corrected chi connectivity index (χ1v) is 8.58. The first-order valence-electron chi connectivity index (χ1n) is 8.58. The molecule has 0 radical (unpaired) electrons. The molecule has 0 spiro atoms. The molecule has 0 unspecified atom stereocenters. The summed E-state index contributed by atoms with van der Waals surface area (Å²) in [5.74, 6) is 0.532. The predicted molar refractivity (Wildman–Crippen MR) is 104 cm³/mol. The van der Waals surface area contributed by atoms with E-state index in [0.717, 1.165) is 17.9 Å². The largest absolute Gasteiger partial charge is 0.494 e. The van der Waals surface area contributed by atoms with Crippen molar-refractivity contribution >= 4 is 23.2 Å². The first-order chi connectivity index (χ1) is 12.5. The van der Waals surface area contributed by atoms with E-state index in [9.17, 15) is 9.59 Å². The molecular weight excluding hydrogens is 330 g/mol. The highest BCUT2D eigenvalue weighted by Gasteiger charge is 2.08. The number of carbonyl (C=O) groups is 2. The van der Waals surface area contributed by atoms with Gasteiger partial charge in [0.1, 0.15) is 5.75 Å². The fourth-order valence-corrected chi connectivity index (χ4v) is 2.26. The van der Waals surface area contributed by atoms with Crippen LogP contribution in [0.3, 0.4) is 0 Å². The Kier molecular flexibility index (Phi) is 7.02. The number of nitrogens with one attached hydrogen (secondary N) is 2. The predicted octanol–water partition coefficient (Wildman–Crippen LogP) is 3.23. The van der Waals surface area contributed by atoms with E-state index in [2.05, 4.69) is 17.6 Å². The van der Waals surface area contributed by atoms with E-state index < -0.39 is 0 Å². The molecule has 0 bridgehead atoms.